The third-order valence-corrected chi connectivity index (χ3v) is 6.27. The molecule has 8 bridgehead atoms. The summed E-state index contributed by atoms with van der Waals surface area (Å²) in [5.74, 6) is 0. The van der Waals surface area contributed by atoms with Gasteiger partial charge in [-0.05, 0) is 0 Å². The van der Waals surface area contributed by atoms with Crippen LogP contribution in [0.3, 0.4) is 0 Å². The number of hydrogen-bond donors (Lipinski definition) is 2. The van der Waals surface area contributed by atoms with Gasteiger partial charge in [0, 0.05) is 0 Å². The fourth-order valence-electron chi connectivity index (χ4n) is 3.83. The van der Waals surface area contributed by atoms with Crippen LogP contribution in [-0.2, 0) is 16.0 Å². The molecule has 0 atom stereocenters. The van der Waals surface area contributed by atoms with Crippen LogP contribution in [0.5, 0.6) is 0 Å². The molecule has 0 fully saturated rings. The van der Waals surface area contributed by atoms with Gasteiger partial charge in [0.15, 0.2) is 0 Å². The van der Waals surface area contributed by atoms with Gasteiger partial charge in [0.05, 0.1) is 0 Å². The standard InChI is InChI=1S/C24H21N4.Fe/c1-13-17-5-7-19(25-17)14(2)21-9-11-23(27-21)16(4)24-12-10-22(28-24)15(3)20-8-6-18(13)26-20;/h5-11,26-27H,1-4H3;. The van der Waals surface area contributed by atoms with Crippen LogP contribution in [-0.4, -0.2) is 19.9 Å². The molecule has 5 rings (SSSR count). The van der Waals surface area contributed by atoms with Crippen LogP contribution < -0.4 is 0 Å². The molecule has 0 radical (unpaired) electrons. The zero-order valence-electron chi connectivity index (χ0n) is 16.8. The number of nitrogens with zero attached hydrogens (tertiary/aromatic N) is 2. The second-order valence-electron chi connectivity index (χ2n) is 7.61. The summed E-state index contributed by atoms with van der Waals surface area (Å²) in [6.07, 6.45) is 6.24. The van der Waals surface area contributed by atoms with Crippen LogP contribution in [0.15, 0.2) is 24.3 Å². The Morgan fingerprint density at radius 1 is 0.621 bits per heavy atom. The van der Waals surface area contributed by atoms with Crippen molar-refractivity contribution in [3.8, 4) is 0 Å². The molecule has 145 valence electrons. The molecule has 0 saturated heterocycles. The van der Waals surface area contributed by atoms with E-state index in [1.807, 2.05) is 0 Å². The van der Waals surface area contributed by atoms with Gasteiger partial charge in [0.2, 0.25) is 0 Å². The Morgan fingerprint density at radius 3 is 1.59 bits per heavy atom. The van der Waals surface area contributed by atoms with Crippen LogP contribution in [0, 0.1) is 27.7 Å². The average molecular weight is 421 g/mol. The summed E-state index contributed by atoms with van der Waals surface area (Å²) >= 11 is 4.23. The van der Waals surface area contributed by atoms with Gasteiger partial charge in [0.25, 0.3) is 0 Å². The van der Waals surface area contributed by atoms with Crippen LogP contribution in [0.2, 0.25) is 0 Å². The van der Waals surface area contributed by atoms with Gasteiger partial charge in [-0.15, -0.1) is 0 Å². The predicted molar refractivity (Wildman–Crippen MR) is 117 cm³/mol. The zero-order valence-corrected chi connectivity index (χ0v) is 17.9. The van der Waals surface area contributed by atoms with Crippen molar-refractivity contribution in [3.05, 3.63) is 69.3 Å². The molecular weight excluding hydrogens is 400 g/mol. The van der Waals surface area contributed by atoms with Gasteiger partial charge in [-0.3, -0.25) is 0 Å². The van der Waals surface area contributed by atoms with Crippen molar-refractivity contribution in [2.75, 3.05) is 0 Å². The molecule has 29 heavy (non-hydrogen) atoms. The van der Waals surface area contributed by atoms with E-state index in [2.05, 4.69) is 96.2 Å². The normalized spacial score (nSPS) is 13.1. The molecule has 0 aliphatic carbocycles. The minimum absolute atomic E-state index is 0.931. The number of aryl methyl sites for hydroxylation is 4. The Morgan fingerprint density at radius 2 is 1.07 bits per heavy atom. The second-order valence-corrected chi connectivity index (χ2v) is 8.21. The molecule has 0 aromatic carbocycles. The fraction of sp³-hybridized carbons (Fsp3) is 0.167. The first-order valence-electron chi connectivity index (χ1n) is 9.63. The SMILES string of the molecule is Cc1c2nc(c(C)c3ccc([nH]3)c(C)c3nc(c(C)c4ccc1[nH]4)C=[C]3[Fe])C=C2. The second kappa shape index (κ2) is 6.58. The van der Waals surface area contributed by atoms with E-state index in [1.54, 1.807) is 0 Å². The van der Waals surface area contributed by atoms with E-state index < -0.39 is 0 Å². The summed E-state index contributed by atoms with van der Waals surface area (Å²) in [4.78, 5) is 16.9. The van der Waals surface area contributed by atoms with Crippen molar-refractivity contribution in [1.29, 1.82) is 0 Å². The minimum atomic E-state index is 0.931. The van der Waals surface area contributed by atoms with Gasteiger partial charge in [-0.1, -0.05) is 0 Å². The summed E-state index contributed by atoms with van der Waals surface area (Å²) in [5.41, 5.74) is 12.5. The molecule has 2 aliphatic heterocycles. The fourth-order valence-corrected chi connectivity index (χ4v) is 4.25. The van der Waals surface area contributed by atoms with E-state index >= 15 is 0 Å². The topological polar surface area (TPSA) is 57.4 Å². The molecular formula is C24H21FeN4. The van der Waals surface area contributed by atoms with Crippen molar-refractivity contribution in [2.24, 2.45) is 0 Å². The number of aromatic amines is 2. The van der Waals surface area contributed by atoms with Crippen LogP contribution in [0.4, 0.5) is 0 Å². The van der Waals surface area contributed by atoms with Crippen molar-refractivity contribution >= 4 is 44.8 Å². The van der Waals surface area contributed by atoms with Crippen molar-refractivity contribution in [1.82, 2.24) is 19.9 Å². The molecule has 3 aromatic heterocycles. The zero-order chi connectivity index (χ0) is 20.3. The van der Waals surface area contributed by atoms with E-state index in [0.717, 1.165) is 71.6 Å². The first kappa shape index (κ1) is 18.2. The number of hydrogen-bond acceptors (Lipinski definition) is 2. The summed E-state index contributed by atoms with van der Waals surface area (Å²) in [5, 5.41) is 0. The Bertz CT molecular complexity index is 1400. The van der Waals surface area contributed by atoms with Gasteiger partial charge in [0.1, 0.15) is 0 Å². The monoisotopic (exact) mass is 421 g/mol. The van der Waals surface area contributed by atoms with Gasteiger partial charge in [-0.2, -0.15) is 0 Å². The number of rotatable bonds is 0. The first-order chi connectivity index (χ1) is 13.9. The van der Waals surface area contributed by atoms with E-state index in [4.69, 9.17) is 9.97 Å². The number of nitrogens with one attached hydrogen (secondary N) is 2. The maximum atomic E-state index is 4.92. The number of H-pyrrole nitrogens is 2. The van der Waals surface area contributed by atoms with Crippen molar-refractivity contribution in [3.63, 3.8) is 0 Å². The van der Waals surface area contributed by atoms with E-state index in [-0.39, 0.29) is 0 Å². The molecule has 5 heteroatoms. The number of aromatic nitrogens is 4. The molecule has 4 nitrogen and oxygen atoms in total. The molecule has 2 aliphatic rings. The maximum absolute atomic E-state index is 4.92. The van der Waals surface area contributed by atoms with Crippen LogP contribution in [0.1, 0.15) is 45.0 Å². The third-order valence-electron chi connectivity index (χ3n) is 5.85. The molecule has 0 spiro atoms. The number of fused-ring (bicyclic) bond motifs is 8. The summed E-state index contributed by atoms with van der Waals surface area (Å²) in [7, 11) is 0. The molecule has 0 saturated carbocycles. The molecule has 5 heterocycles. The predicted octanol–water partition coefficient (Wildman–Crippen LogP) is 5.76. The van der Waals surface area contributed by atoms with Crippen molar-refractivity contribution in [2.45, 2.75) is 27.7 Å². The van der Waals surface area contributed by atoms with E-state index in [9.17, 15) is 0 Å². The molecule has 3 aromatic rings. The molecule has 2 N–H and O–H groups in total. The Hall–Kier alpha value is -2.88. The Kier molecular flexibility index (Phi) is 4.12. The van der Waals surface area contributed by atoms with Crippen LogP contribution >= 0.6 is 0 Å². The van der Waals surface area contributed by atoms with Gasteiger partial charge in [-0.25, -0.2) is 0 Å². The van der Waals surface area contributed by atoms with Crippen LogP contribution in [0.25, 0.3) is 44.8 Å². The quantitative estimate of drug-likeness (QED) is 0.355. The summed E-state index contributed by atoms with van der Waals surface area (Å²) in [6, 6.07) is 8.44. The third kappa shape index (κ3) is 2.89. The van der Waals surface area contributed by atoms with E-state index in [1.165, 1.54) is 0 Å². The summed E-state index contributed by atoms with van der Waals surface area (Å²) < 4.78 is 0.939. The summed E-state index contributed by atoms with van der Waals surface area (Å²) in [6.45, 7) is 8.40. The molecule has 0 amide bonds. The van der Waals surface area contributed by atoms with Crippen molar-refractivity contribution < 1.29 is 16.0 Å². The van der Waals surface area contributed by atoms with E-state index in [0.29, 0.717) is 0 Å². The van der Waals surface area contributed by atoms with Gasteiger partial charge >= 0.3 is 178 Å². The first-order valence-corrected chi connectivity index (χ1v) is 10.2. The molecule has 0 unspecified atom stereocenters. The Labute approximate surface area is 177 Å². The van der Waals surface area contributed by atoms with Gasteiger partial charge < -0.3 is 0 Å². The Balaban J connectivity index is 1.98. The average Bonchev–Trinajstić information content (AvgIpc) is 3.51.